The van der Waals surface area contributed by atoms with Crippen molar-refractivity contribution in [3.05, 3.63) is 45.4 Å². The van der Waals surface area contributed by atoms with Crippen LogP contribution in [0.25, 0.3) is 11.4 Å². The Morgan fingerprint density at radius 2 is 1.84 bits per heavy atom. The minimum atomic E-state index is -0.303. The molecule has 1 aromatic carbocycles. The lowest BCUT2D eigenvalue weighted by Gasteiger charge is -2.11. The average Bonchev–Trinajstić information content (AvgIpc) is 2.36. The number of hydrogen-bond donors (Lipinski definition) is 1. The molecule has 19 heavy (non-hydrogen) atoms. The van der Waals surface area contributed by atoms with Gasteiger partial charge < -0.3 is 5.73 Å². The molecular formula is C14H15BrFN3. The monoisotopic (exact) mass is 323 g/mol. The molecular weight excluding hydrogens is 309 g/mol. The first-order valence-electron chi connectivity index (χ1n) is 6.02. The van der Waals surface area contributed by atoms with Crippen LogP contribution in [-0.4, -0.2) is 16.5 Å². The molecule has 1 aromatic heterocycles. The summed E-state index contributed by atoms with van der Waals surface area (Å²) in [5.41, 5.74) is 9.09. The predicted octanol–water partition coefficient (Wildman–Crippen LogP) is 3.16. The van der Waals surface area contributed by atoms with Gasteiger partial charge in [0.05, 0.1) is 0 Å². The lowest BCUT2D eigenvalue weighted by molar-refractivity contribution is 0.628. The molecule has 2 rings (SSSR count). The van der Waals surface area contributed by atoms with Gasteiger partial charge in [0.15, 0.2) is 5.82 Å². The SMILES string of the molecule is Cc1nc(-c2cc(F)ccc2Br)nc(C)c1CCN. The van der Waals surface area contributed by atoms with E-state index in [1.54, 1.807) is 6.07 Å². The fourth-order valence-corrected chi connectivity index (χ4v) is 2.46. The lowest BCUT2D eigenvalue weighted by atomic mass is 10.1. The fraction of sp³-hybridized carbons (Fsp3) is 0.286. The van der Waals surface area contributed by atoms with E-state index in [4.69, 9.17) is 5.73 Å². The van der Waals surface area contributed by atoms with Crippen LogP contribution >= 0.6 is 15.9 Å². The summed E-state index contributed by atoms with van der Waals surface area (Å²) in [5, 5.41) is 0. The van der Waals surface area contributed by atoms with E-state index in [0.29, 0.717) is 17.9 Å². The highest BCUT2D eigenvalue weighted by atomic mass is 79.9. The Balaban J connectivity index is 2.55. The van der Waals surface area contributed by atoms with E-state index in [0.717, 1.165) is 27.8 Å². The van der Waals surface area contributed by atoms with Crippen molar-refractivity contribution in [1.82, 2.24) is 9.97 Å². The van der Waals surface area contributed by atoms with Crippen molar-refractivity contribution < 1.29 is 4.39 Å². The summed E-state index contributed by atoms with van der Waals surface area (Å²) in [7, 11) is 0. The van der Waals surface area contributed by atoms with E-state index < -0.39 is 0 Å². The van der Waals surface area contributed by atoms with E-state index >= 15 is 0 Å². The van der Waals surface area contributed by atoms with Gasteiger partial charge in [0, 0.05) is 21.4 Å². The quantitative estimate of drug-likeness (QED) is 0.943. The van der Waals surface area contributed by atoms with E-state index in [1.165, 1.54) is 12.1 Å². The first-order chi connectivity index (χ1) is 9.02. The zero-order valence-corrected chi connectivity index (χ0v) is 12.5. The van der Waals surface area contributed by atoms with E-state index in [2.05, 4.69) is 25.9 Å². The third-order valence-electron chi connectivity index (χ3n) is 2.98. The van der Waals surface area contributed by atoms with E-state index in [-0.39, 0.29) is 5.82 Å². The van der Waals surface area contributed by atoms with Crippen molar-refractivity contribution in [2.45, 2.75) is 20.3 Å². The van der Waals surface area contributed by atoms with Crippen molar-refractivity contribution in [3.63, 3.8) is 0 Å². The van der Waals surface area contributed by atoms with Crippen LogP contribution in [0.2, 0.25) is 0 Å². The number of hydrogen-bond acceptors (Lipinski definition) is 3. The van der Waals surface area contributed by atoms with Gasteiger partial charge in [0.25, 0.3) is 0 Å². The molecule has 0 unspecified atom stereocenters. The number of halogens is 2. The molecule has 0 saturated carbocycles. The molecule has 5 heteroatoms. The van der Waals surface area contributed by atoms with Gasteiger partial charge in [-0.2, -0.15) is 0 Å². The van der Waals surface area contributed by atoms with Gasteiger partial charge in [-0.25, -0.2) is 14.4 Å². The van der Waals surface area contributed by atoms with Gasteiger partial charge in [-0.15, -0.1) is 0 Å². The second kappa shape index (κ2) is 5.75. The Bertz CT molecular complexity index is 591. The molecule has 3 nitrogen and oxygen atoms in total. The third-order valence-corrected chi connectivity index (χ3v) is 3.68. The molecule has 1 heterocycles. The number of benzene rings is 1. The maximum atomic E-state index is 13.3. The first kappa shape index (κ1) is 14.1. The normalized spacial score (nSPS) is 10.8. The van der Waals surface area contributed by atoms with Crippen molar-refractivity contribution >= 4 is 15.9 Å². The van der Waals surface area contributed by atoms with Crippen LogP contribution in [0.4, 0.5) is 4.39 Å². The van der Waals surface area contributed by atoms with Crippen LogP contribution < -0.4 is 5.73 Å². The maximum Gasteiger partial charge on any atom is 0.160 e. The lowest BCUT2D eigenvalue weighted by Crippen LogP contribution is -2.09. The van der Waals surface area contributed by atoms with Crippen LogP contribution in [0, 0.1) is 19.7 Å². The Kier molecular flexibility index (Phi) is 4.27. The summed E-state index contributed by atoms with van der Waals surface area (Å²) in [4.78, 5) is 8.92. The summed E-state index contributed by atoms with van der Waals surface area (Å²) in [6.45, 7) is 4.42. The topological polar surface area (TPSA) is 51.8 Å². The molecule has 0 aliphatic heterocycles. The molecule has 0 fully saturated rings. The molecule has 0 saturated heterocycles. The minimum absolute atomic E-state index is 0.303. The second-order valence-electron chi connectivity index (χ2n) is 4.36. The molecule has 2 aromatic rings. The molecule has 2 N–H and O–H groups in total. The molecule has 0 amide bonds. The van der Waals surface area contributed by atoms with Crippen LogP contribution in [0.3, 0.4) is 0 Å². The van der Waals surface area contributed by atoms with Gasteiger partial charge in [-0.05, 0) is 50.6 Å². The summed E-state index contributed by atoms with van der Waals surface area (Å²) in [5.74, 6) is 0.227. The molecule has 0 bridgehead atoms. The minimum Gasteiger partial charge on any atom is -0.330 e. The number of nitrogens with two attached hydrogens (primary N) is 1. The highest BCUT2D eigenvalue weighted by Gasteiger charge is 2.12. The Labute approximate surface area is 120 Å². The van der Waals surface area contributed by atoms with E-state index in [1.807, 2.05) is 13.8 Å². The molecule has 0 aliphatic carbocycles. The van der Waals surface area contributed by atoms with Crippen LogP contribution in [0.15, 0.2) is 22.7 Å². The average molecular weight is 324 g/mol. The van der Waals surface area contributed by atoms with Crippen LogP contribution in [-0.2, 0) is 6.42 Å². The number of rotatable bonds is 3. The summed E-state index contributed by atoms with van der Waals surface area (Å²) in [6, 6.07) is 4.49. The van der Waals surface area contributed by atoms with Crippen molar-refractivity contribution in [2.24, 2.45) is 5.73 Å². The van der Waals surface area contributed by atoms with Gasteiger partial charge in [-0.1, -0.05) is 15.9 Å². The van der Waals surface area contributed by atoms with E-state index in [9.17, 15) is 4.39 Å². The summed E-state index contributed by atoms with van der Waals surface area (Å²) < 4.78 is 14.1. The first-order valence-corrected chi connectivity index (χ1v) is 6.82. The second-order valence-corrected chi connectivity index (χ2v) is 5.21. The third kappa shape index (κ3) is 2.98. The molecule has 100 valence electrons. The predicted molar refractivity (Wildman–Crippen MR) is 77.4 cm³/mol. The van der Waals surface area contributed by atoms with Gasteiger partial charge >= 0.3 is 0 Å². The smallest absolute Gasteiger partial charge is 0.160 e. The van der Waals surface area contributed by atoms with Gasteiger partial charge in [0.1, 0.15) is 5.82 Å². The Hall–Kier alpha value is -1.33. The highest BCUT2D eigenvalue weighted by molar-refractivity contribution is 9.10. The van der Waals surface area contributed by atoms with Crippen molar-refractivity contribution in [1.29, 1.82) is 0 Å². The number of aryl methyl sites for hydroxylation is 2. The zero-order valence-electron chi connectivity index (χ0n) is 10.9. The zero-order chi connectivity index (χ0) is 14.0. The Morgan fingerprint density at radius 3 is 2.42 bits per heavy atom. The molecule has 0 aliphatic rings. The molecule has 0 spiro atoms. The largest absolute Gasteiger partial charge is 0.330 e. The van der Waals surface area contributed by atoms with Crippen molar-refractivity contribution in [3.8, 4) is 11.4 Å². The highest BCUT2D eigenvalue weighted by Crippen LogP contribution is 2.27. The van der Waals surface area contributed by atoms with Crippen LogP contribution in [0.5, 0.6) is 0 Å². The molecule has 0 radical (unpaired) electrons. The number of nitrogens with zero attached hydrogens (tertiary/aromatic N) is 2. The van der Waals surface area contributed by atoms with Gasteiger partial charge in [0.2, 0.25) is 0 Å². The summed E-state index contributed by atoms with van der Waals surface area (Å²) >= 11 is 3.40. The van der Waals surface area contributed by atoms with Gasteiger partial charge in [-0.3, -0.25) is 0 Å². The summed E-state index contributed by atoms with van der Waals surface area (Å²) in [6.07, 6.45) is 0.752. The molecule has 0 atom stereocenters. The maximum absolute atomic E-state index is 13.3. The van der Waals surface area contributed by atoms with Crippen LogP contribution in [0.1, 0.15) is 17.0 Å². The fourth-order valence-electron chi connectivity index (χ4n) is 2.03. The standard InChI is InChI=1S/C14H15BrFN3/c1-8-11(5-6-17)9(2)19-14(18-8)12-7-10(16)3-4-13(12)15/h3-4,7H,5-6,17H2,1-2H3. The van der Waals surface area contributed by atoms with Crippen molar-refractivity contribution in [2.75, 3.05) is 6.54 Å². The number of aromatic nitrogens is 2. The Morgan fingerprint density at radius 1 is 1.21 bits per heavy atom.